The molecule has 0 aromatic heterocycles. The molecule has 0 bridgehead atoms. The van der Waals surface area contributed by atoms with Crippen molar-refractivity contribution in [3.8, 4) is 0 Å². The van der Waals surface area contributed by atoms with Gasteiger partial charge in [0.1, 0.15) is 12.2 Å². The minimum atomic E-state index is -0.621. The van der Waals surface area contributed by atoms with E-state index < -0.39 is 24.3 Å². The van der Waals surface area contributed by atoms with Gasteiger partial charge in [-0.2, -0.15) is 0 Å². The van der Waals surface area contributed by atoms with Crippen LogP contribution in [0.5, 0.6) is 0 Å². The fraction of sp³-hybridized carbons (Fsp3) is 0.895. The summed E-state index contributed by atoms with van der Waals surface area (Å²) in [6.45, 7) is 7.47. The number of ether oxygens (including phenoxy) is 4. The number of hydrogen-bond acceptors (Lipinski definition) is 8. The summed E-state index contributed by atoms with van der Waals surface area (Å²) < 4.78 is 22.3. The molecule has 2 saturated heterocycles. The van der Waals surface area contributed by atoms with E-state index in [9.17, 15) is 9.59 Å². The molecular formula is C19H36N4O8. The Morgan fingerprint density at radius 3 is 1.52 bits per heavy atom. The van der Waals surface area contributed by atoms with E-state index in [1.54, 1.807) is 14.2 Å². The van der Waals surface area contributed by atoms with Gasteiger partial charge in [0.15, 0.2) is 0 Å². The molecular weight excluding hydrogens is 412 g/mol. The average Bonchev–Trinajstić information content (AvgIpc) is 2.71. The molecule has 0 unspecified atom stereocenters. The number of hydrogen-bond donors (Lipinski definition) is 4. The largest absolute Gasteiger partial charge is 0.378 e. The first-order valence-corrected chi connectivity index (χ1v) is 10.5. The van der Waals surface area contributed by atoms with E-state index in [2.05, 4.69) is 21.6 Å². The van der Waals surface area contributed by atoms with E-state index in [0.29, 0.717) is 12.8 Å². The van der Waals surface area contributed by atoms with Crippen molar-refractivity contribution in [3.05, 3.63) is 0 Å². The normalized spacial score (nSPS) is 35.8. The van der Waals surface area contributed by atoms with Crippen molar-refractivity contribution in [1.29, 1.82) is 0 Å². The third kappa shape index (κ3) is 7.74. The highest BCUT2D eigenvalue weighted by atomic mass is 16.7. The molecule has 2 aliphatic rings. The lowest BCUT2D eigenvalue weighted by Gasteiger charge is -2.38. The predicted octanol–water partition coefficient (Wildman–Crippen LogP) is 0.567. The molecule has 2 rings (SSSR count). The number of hydroxylamine groups is 2. The van der Waals surface area contributed by atoms with Gasteiger partial charge in [-0.05, 0) is 27.7 Å². The minimum absolute atomic E-state index is 0.0456. The number of carbonyl (C=O) groups is 2. The van der Waals surface area contributed by atoms with Crippen molar-refractivity contribution >= 4 is 12.1 Å². The van der Waals surface area contributed by atoms with Crippen LogP contribution in [0.2, 0.25) is 0 Å². The van der Waals surface area contributed by atoms with Crippen LogP contribution in [0.4, 0.5) is 9.59 Å². The highest BCUT2D eigenvalue weighted by molar-refractivity contribution is 5.75. The Hall–Kier alpha value is -1.70. The van der Waals surface area contributed by atoms with Gasteiger partial charge in [-0.25, -0.2) is 20.5 Å². The molecule has 2 heterocycles. The van der Waals surface area contributed by atoms with Gasteiger partial charge in [0, 0.05) is 27.1 Å². The van der Waals surface area contributed by atoms with Crippen LogP contribution in [0.3, 0.4) is 0 Å². The summed E-state index contributed by atoms with van der Waals surface area (Å²) in [7, 11) is 3.18. The lowest BCUT2D eigenvalue weighted by atomic mass is 9.99. The van der Waals surface area contributed by atoms with Crippen molar-refractivity contribution < 1.29 is 38.2 Å². The number of methoxy groups -OCH3 is 2. The number of amides is 4. The maximum Gasteiger partial charge on any atom is 0.340 e. The van der Waals surface area contributed by atoms with Crippen molar-refractivity contribution in [2.45, 2.75) is 89.4 Å². The highest BCUT2D eigenvalue weighted by Crippen LogP contribution is 2.24. The molecule has 0 aliphatic carbocycles. The van der Waals surface area contributed by atoms with Gasteiger partial charge in [0.2, 0.25) is 0 Å². The van der Waals surface area contributed by atoms with Crippen LogP contribution in [-0.4, -0.2) is 81.8 Å². The Morgan fingerprint density at radius 1 is 0.774 bits per heavy atom. The molecule has 12 nitrogen and oxygen atoms in total. The molecule has 0 saturated carbocycles. The molecule has 12 heteroatoms. The quantitative estimate of drug-likeness (QED) is 0.312. The van der Waals surface area contributed by atoms with Gasteiger partial charge in [-0.15, -0.1) is 0 Å². The number of rotatable bonds is 8. The van der Waals surface area contributed by atoms with Gasteiger partial charge in [-0.3, -0.25) is 9.68 Å². The van der Waals surface area contributed by atoms with E-state index in [-0.39, 0.29) is 43.3 Å². The number of nitrogens with one attached hydrogen (secondary N) is 4. The first kappa shape index (κ1) is 25.6. The standard InChI is InChI=1S/C19H36N4O8/c1-10-7-14(26-5)16(12(3)28-10)30-22-18(24)20-9-21-19(25)23-31-17-13(4)29-11(2)8-15(17)27-6/h10-17H,7-9H2,1-6H3,(H2,20,22,24)(H2,21,23,25)/t10-,11-,12-,13-,14-,15-,16-,17-/m0/s1. The monoisotopic (exact) mass is 448 g/mol. The minimum Gasteiger partial charge on any atom is -0.378 e. The maximum absolute atomic E-state index is 11.9. The number of carbonyl (C=O) groups excluding carboxylic acids is 2. The zero-order valence-electron chi connectivity index (χ0n) is 19.0. The lowest BCUT2D eigenvalue weighted by molar-refractivity contribution is -0.199. The van der Waals surface area contributed by atoms with Gasteiger partial charge >= 0.3 is 12.1 Å². The fourth-order valence-electron chi connectivity index (χ4n) is 3.85. The van der Waals surface area contributed by atoms with Crippen LogP contribution < -0.4 is 21.6 Å². The Labute approximate surface area is 182 Å². The molecule has 0 aromatic rings. The van der Waals surface area contributed by atoms with Crippen molar-refractivity contribution in [1.82, 2.24) is 21.6 Å². The second-order valence-electron chi connectivity index (χ2n) is 7.88. The molecule has 180 valence electrons. The smallest absolute Gasteiger partial charge is 0.340 e. The molecule has 8 atom stereocenters. The molecule has 4 amide bonds. The molecule has 2 aliphatic heterocycles. The van der Waals surface area contributed by atoms with Gasteiger partial charge in [0.05, 0.1) is 43.3 Å². The summed E-state index contributed by atoms with van der Waals surface area (Å²) in [5.74, 6) is 0. The fourth-order valence-corrected chi connectivity index (χ4v) is 3.85. The summed E-state index contributed by atoms with van der Waals surface area (Å²) in [4.78, 5) is 34.7. The molecule has 0 spiro atoms. The van der Waals surface area contributed by atoms with Gasteiger partial charge in [-0.1, -0.05) is 0 Å². The van der Waals surface area contributed by atoms with Crippen LogP contribution in [-0.2, 0) is 28.6 Å². The maximum atomic E-state index is 11.9. The first-order chi connectivity index (χ1) is 14.7. The third-order valence-electron chi connectivity index (χ3n) is 5.36. The zero-order chi connectivity index (χ0) is 23.0. The highest BCUT2D eigenvalue weighted by Gasteiger charge is 2.37. The van der Waals surface area contributed by atoms with Crippen LogP contribution >= 0.6 is 0 Å². The van der Waals surface area contributed by atoms with Crippen LogP contribution in [0.15, 0.2) is 0 Å². The summed E-state index contributed by atoms with van der Waals surface area (Å²) >= 11 is 0. The Bertz CT molecular complexity index is 535. The summed E-state index contributed by atoms with van der Waals surface area (Å²) in [6, 6.07) is -1.24. The summed E-state index contributed by atoms with van der Waals surface area (Å²) in [5, 5.41) is 4.90. The van der Waals surface area contributed by atoms with Gasteiger partial charge in [0.25, 0.3) is 0 Å². The molecule has 31 heavy (non-hydrogen) atoms. The van der Waals surface area contributed by atoms with Crippen LogP contribution in [0, 0.1) is 0 Å². The first-order valence-electron chi connectivity index (χ1n) is 10.5. The van der Waals surface area contributed by atoms with E-state index in [4.69, 9.17) is 28.6 Å². The SMILES string of the molecule is CO[C@H]1C[C@H](C)O[C@@H](C)[C@@H]1ONC(=O)NCNC(=O)NO[C@H]1[C@H](C)O[C@@H](C)C[C@@H]1OC. The topological polar surface area (TPSA) is 138 Å². The van der Waals surface area contributed by atoms with E-state index in [1.165, 1.54) is 0 Å². The Kier molecular flexibility index (Phi) is 10.2. The third-order valence-corrected chi connectivity index (χ3v) is 5.36. The van der Waals surface area contributed by atoms with Crippen molar-refractivity contribution in [3.63, 3.8) is 0 Å². The molecule has 2 fully saturated rings. The second kappa shape index (κ2) is 12.4. The Morgan fingerprint density at radius 2 is 1.16 bits per heavy atom. The van der Waals surface area contributed by atoms with Crippen molar-refractivity contribution in [2.75, 3.05) is 20.9 Å². The van der Waals surface area contributed by atoms with Crippen LogP contribution in [0.1, 0.15) is 40.5 Å². The molecule has 0 aromatic carbocycles. The summed E-state index contributed by atoms with van der Waals surface area (Å²) in [5.41, 5.74) is 4.59. The molecule has 0 radical (unpaired) electrons. The Balaban J connectivity index is 1.65. The van der Waals surface area contributed by atoms with E-state index in [0.717, 1.165) is 0 Å². The second-order valence-corrected chi connectivity index (χ2v) is 7.88. The molecule has 4 N–H and O–H groups in total. The zero-order valence-corrected chi connectivity index (χ0v) is 19.0. The van der Waals surface area contributed by atoms with E-state index >= 15 is 0 Å². The van der Waals surface area contributed by atoms with Crippen LogP contribution in [0.25, 0.3) is 0 Å². The predicted molar refractivity (Wildman–Crippen MR) is 109 cm³/mol. The van der Waals surface area contributed by atoms with E-state index in [1.807, 2.05) is 27.7 Å². The lowest BCUT2D eigenvalue weighted by Crippen LogP contribution is -2.54. The average molecular weight is 449 g/mol. The summed E-state index contributed by atoms with van der Waals surface area (Å²) in [6.07, 6.45) is -0.404. The van der Waals surface area contributed by atoms with Crippen molar-refractivity contribution in [2.24, 2.45) is 0 Å². The number of urea groups is 2. The van der Waals surface area contributed by atoms with Gasteiger partial charge < -0.3 is 29.6 Å².